The fourth-order valence-electron chi connectivity index (χ4n) is 2.36. The van der Waals surface area contributed by atoms with Gasteiger partial charge in [-0.05, 0) is 30.3 Å². The van der Waals surface area contributed by atoms with Crippen LogP contribution in [0.25, 0.3) is 0 Å². The van der Waals surface area contributed by atoms with E-state index in [0.29, 0.717) is 5.02 Å². The van der Waals surface area contributed by atoms with E-state index in [1.54, 1.807) is 12.1 Å². The molecular weight excluding hydrogens is 416 g/mol. The van der Waals surface area contributed by atoms with Gasteiger partial charge < -0.3 is 10.1 Å². The molecule has 3 aromatic rings. The molecule has 0 atom stereocenters. The molecule has 0 spiro atoms. The number of carbonyl (C=O) groups is 1. The molecule has 0 aliphatic carbocycles. The second-order valence-electron chi connectivity index (χ2n) is 5.54. The second-order valence-corrected chi connectivity index (χ2v) is 6.38. The molecule has 3 rings (SSSR count). The number of benzene rings is 2. The lowest BCUT2D eigenvalue weighted by molar-refractivity contribution is -0.137. The summed E-state index contributed by atoms with van der Waals surface area (Å²) in [5.74, 6) is -0.750. The van der Waals surface area contributed by atoms with Crippen LogP contribution in [-0.4, -0.2) is 10.9 Å². The monoisotopic (exact) mass is 426 g/mol. The fourth-order valence-corrected chi connectivity index (χ4v) is 2.78. The molecule has 0 saturated heterocycles. The van der Waals surface area contributed by atoms with Gasteiger partial charge in [0.2, 0.25) is 5.88 Å². The first kappa shape index (κ1) is 20.0. The van der Waals surface area contributed by atoms with Gasteiger partial charge in [-0.2, -0.15) is 13.2 Å². The van der Waals surface area contributed by atoms with Gasteiger partial charge in [0.1, 0.15) is 5.02 Å². The Bertz CT molecular complexity index is 1030. The van der Waals surface area contributed by atoms with Crippen molar-refractivity contribution in [3.63, 3.8) is 0 Å². The Balaban J connectivity index is 1.89. The number of aromatic nitrogens is 1. The van der Waals surface area contributed by atoms with Gasteiger partial charge in [0.25, 0.3) is 5.91 Å². The zero-order chi connectivity index (χ0) is 20.3. The van der Waals surface area contributed by atoms with Crippen molar-refractivity contribution < 1.29 is 22.7 Å². The Labute approximate surface area is 167 Å². The third-order valence-corrected chi connectivity index (χ3v) is 4.07. The maximum atomic E-state index is 13.2. The Hall–Kier alpha value is -2.77. The van der Waals surface area contributed by atoms with Gasteiger partial charge in [-0.1, -0.05) is 47.5 Å². The minimum Gasteiger partial charge on any atom is -0.435 e. The van der Waals surface area contributed by atoms with Crippen molar-refractivity contribution in [2.24, 2.45) is 0 Å². The lowest BCUT2D eigenvalue weighted by Gasteiger charge is -2.15. The van der Waals surface area contributed by atoms with E-state index in [9.17, 15) is 18.0 Å². The molecule has 1 amide bonds. The predicted molar refractivity (Wildman–Crippen MR) is 100 cm³/mol. The summed E-state index contributed by atoms with van der Waals surface area (Å²) < 4.78 is 45.0. The molecule has 28 heavy (non-hydrogen) atoms. The molecule has 0 radical (unpaired) electrons. The number of anilines is 1. The number of hydrogen-bond donors (Lipinski definition) is 1. The summed E-state index contributed by atoms with van der Waals surface area (Å²) in [6.07, 6.45) is -3.34. The van der Waals surface area contributed by atoms with Crippen LogP contribution in [0.1, 0.15) is 15.9 Å². The molecule has 0 aliphatic rings. The van der Waals surface area contributed by atoms with Crippen LogP contribution in [0.3, 0.4) is 0 Å². The number of alkyl halides is 3. The van der Waals surface area contributed by atoms with Crippen molar-refractivity contribution in [1.82, 2.24) is 4.98 Å². The quantitative estimate of drug-likeness (QED) is 0.521. The number of halogens is 5. The van der Waals surface area contributed by atoms with E-state index in [1.165, 1.54) is 36.5 Å². The van der Waals surface area contributed by atoms with Gasteiger partial charge in [0, 0.05) is 6.20 Å². The highest BCUT2D eigenvalue weighted by molar-refractivity contribution is 6.35. The van der Waals surface area contributed by atoms with Crippen LogP contribution in [-0.2, 0) is 6.18 Å². The highest BCUT2D eigenvalue weighted by Crippen LogP contribution is 2.35. The van der Waals surface area contributed by atoms with E-state index in [0.717, 1.165) is 12.1 Å². The van der Waals surface area contributed by atoms with Crippen molar-refractivity contribution in [3.05, 3.63) is 82.0 Å². The maximum Gasteiger partial charge on any atom is 0.417 e. The van der Waals surface area contributed by atoms with E-state index in [1.807, 2.05) is 0 Å². The van der Waals surface area contributed by atoms with Crippen LogP contribution < -0.4 is 10.1 Å². The third-order valence-electron chi connectivity index (χ3n) is 3.59. The number of para-hydroxylation sites is 2. The van der Waals surface area contributed by atoms with Gasteiger partial charge in [-0.25, -0.2) is 4.98 Å². The summed E-state index contributed by atoms with van der Waals surface area (Å²) in [6, 6.07) is 12.1. The Morgan fingerprint density at radius 3 is 2.43 bits per heavy atom. The SMILES string of the molecule is O=C(Nc1ccccc1Oc1ncc(Cl)cc1Cl)c1ccccc1C(F)(F)F. The van der Waals surface area contributed by atoms with Gasteiger partial charge in [-0.3, -0.25) is 4.79 Å². The van der Waals surface area contributed by atoms with Crippen LogP contribution in [0.2, 0.25) is 10.0 Å². The number of nitrogens with one attached hydrogen (secondary N) is 1. The van der Waals surface area contributed by atoms with Crippen LogP contribution >= 0.6 is 23.2 Å². The molecule has 4 nitrogen and oxygen atoms in total. The number of rotatable bonds is 4. The molecule has 144 valence electrons. The summed E-state index contributed by atoms with van der Waals surface area (Å²) in [7, 11) is 0. The second kappa shape index (κ2) is 8.08. The first-order valence-corrected chi connectivity index (χ1v) is 8.57. The Kier molecular flexibility index (Phi) is 5.76. The molecule has 0 saturated carbocycles. The molecule has 0 unspecified atom stereocenters. The first-order chi connectivity index (χ1) is 13.3. The van der Waals surface area contributed by atoms with Crippen molar-refractivity contribution >= 4 is 34.8 Å². The van der Waals surface area contributed by atoms with Crippen molar-refractivity contribution in [1.29, 1.82) is 0 Å². The lowest BCUT2D eigenvalue weighted by Crippen LogP contribution is -2.18. The topological polar surface area (TPSA) is 51.2 Å². The zero-order valence-electron chi connectivity index (χ0n) is 13.9. The number of nitrogens with zero attached hydrogens (tertiary/aromatic N) is 1. The smallest absolute Gasteiger partial charge is 0.417 e. The van der Waals surface area contributed by atoms with Gasteiger partial charge >= 0.3 is 6.18 Å². The minimum atomic E-state index is -4.66. The van der Waals surface area contributed by atoms with E-state index >= 15 is 0 Å². The largest absolute Gasteiger partial charge is 0.435 e. The number of amides is 1. The van der Waals surface area contributed by atoms with Crippen molar-refractivity contribution in [3.8, 4) is 11.6 Å². The van der Waals surface area contributed by atoms with Crippen LogP contribution in [0, 0.1) is 0 Å². The van der Waals surface area contributed by atoms with Crippen LogP contribution in [0.4, 0.5) is 18.9 Å². The molecule has 0 aliphatic heterocycles. The molecule has 1 aromatic heterocycles. The van der Waals surface area contributed by atoms with Crippen molar-refractivity contribution in [2.75, 3.05) is 5.32 Å². The summed E-state index contributed by atoms with van der Waals surface area (Å²) in [6.45, 7) is 0. The molecular formula is C19H11Cl2F3N2O2. The lowest BCUT2D eigenvalue weighted by atomic mass is 10.1. The zero-order valence-corrected chi connectivity index (χ0v) is 15.4. The summed E-state index contributed by atoms with van der Waals surface area (Å²) in [4.78, 5) is 16.4. The van der Waals surface area contributed by atoms with Crippen molar-refractivity contribution in [2.45, 2.75) is 6.18 Å². The van der Waals surface area contributed by atoms with Crippen LogP contribution in [0.15, 0.2) is 60.8 Å². The highest BCUT2D eigenvalue weighted by atomic mass is 35.5. The fraction of sp³-hybridized carbons (Fsp3) is 0.0526. The predicted octanol–water partition coefficient (Wildman–Crippen LogP) is 6.45. The Morgan fingerprint density at radius 1 is 1.04 bits per heavy atom. The number of pyridine rings is 1. The number of hydrogen-bond acceptors (Lipinski definition) is 3. The van der Waals surface area contributed by atoms with E-state index < -0.39 is 23.2 Å². The number of ether oxygens (including phenoxy) is 1. The van der Waals surface area contributed by atoms with Gasteiger partial charge in [-0.15, -0.1) is 0 Å². The Morgan fingerprint density at radius 2 is 1.71 bits per heavy atom. The average Bonchev–Trinajstić information content (AvgIpc) is 2.64. The number of carbonyl (C=O) groups excluding carboxylic acids is 1. The van der Waals surface area contributed by atoms with Gasteiger partial charge in [0.05, 0.1) is 21.8 Å². The van der Waals surface area contributed by atoms with Crippen LogP contribution in [0.5, 0.6) is 11.6 Å². The third kappa shape index (κ3) is 4.55. The molecule has 9 heteroatoms. The molecule has 0 bridgehead atoms. The molecule has 0 fully saturated rings. The molecule has 1 N–H and O–H groups in total. The molecule has 2 aromatic carbocycles. The average molecular weight is 427 g/mol. The summed E-state index contributed by atoms with van der Waals surface area (Å²) in [5, 5.41) is 2.87. The standard InChI is InChI=1S/C19H11Cl2F3N2O2/c20-11-9-14(21)18(25-10-11)28-16-8-4-3-7-15(16)26-17(27)12-5-1-2-6-13(12)19(22,23)24/h1-10H,(H,26,27). The normalized spacial score (nSPS) is 11.2. The first-order valence-electron chi connectivity index (χ1n) is 7.81. The van der Waals surface area contributed by atoms with E-state index in [-0.39, 0.29) is 22.3 Å². The van der Waals surface area contributed by atoms with E-state index in [4.69, 9.17) is 27.9 Å². The van der Waals surface area contributed by atoms with Gasteiger partial charge in [0.15, 0.2) is 5.75 Å². The van der Waals surface area contributed by atoms with E-state index in [2.05, 4.69) is 10.3 Å². The maximum absolute atomic E-state index is 13.2. The minimum absolute atomic E-state index is 0.0310. The highest BCUT2D eigenvalue weighted by Gasteiger charge is 2.35. The molecule has 1 heterocycles. The summed E-state index contributed by atoms with van der Waals surface area (Å²) in [5.41, 5.74) is -1.39. The summed E-state index contributed by atoms with van der Waals surface area (Å²) >= 11 is 11.8.